The number of rotatable bonds is 1. The number of benzene rings is 1. The molecule has 0 saturated carbocycles. The molecule has 4 nitrogen and oxygen atoms in total. The molecule has 2 aromatic heterocycles. The Morgan fingerprint density at radius 3 is 2.32 bits per heavy atom. The van der Waals surface area contributed by atoms with Crippen LogP contribution in [-0.2, 0) is 18.8 Å². The minimum atomic E-state index is -4.87. The SMILES string of the molecule is Cc1cccc2c1N(c1c(C(F)(F)F)cc(C)c3nc(C(F)(F)F)nn13)CC2. The first-order valence-electron chi connectivity index (χ1n) is 8.39. The Hall–Kier alpha value is -2.78. The lowest BCUT2D eigenvalue weighted by molar-refractivity contribution is -0.144. The third-order valence-electron chi connectivity index (χ3n) is 4.77. The van der Waals surface area contributed by atoms with E-state index >= 15 is 0 Å². The fourth-order valence-electron chi connectivity index (χ4n) is 3.63. The lowest BCUT2D eigenvalue weighted by Crippen LogP contribution is -2.23. The molecule has 0 radical (unpaired) electrons. The summed E-state index contributed by atoms with van der Waals surface area (Å²) in [5.74, 6) is -1.93. The van der Waals surface area contributed by atoms with Crippen molar-refractivity contribution in [3.8, 4) is 0 Å². The van der Waals surface area contributed by atoms with E-state index in [2.05, 4.69) is 10.1 Å². The maximum atomic E-state index is 13.8. The summed E-state index contributed by atoms with van der Waals surface area (Å²) in [5, 5.41) is 3.40. The van der Waals surface area contributed by atoms with E-state index in [1.807, 2.05) is 0 Å². The molecule has 148 valence electrons. The van der Waals surface area contributed by atoms with Crippen molar-refractivity contribution in [1.82, 2.24) is 14.6 Å². The van der Waals surface area contributed by atoms with E-state index in [1.54, 1.807) is 25.1 Å². The van der Waals surface area contributed by atoms with Crippen LogP contribution >= 0.6 is 0 Å². The Morgan fingerprint density at radius 2 is 1.68 bits per heavy atom. The van der Waals surface area contributed by atoms with Gasteiger partial charge in [-0.3, -0.25) is 0 Å². The lowest BCUT2D eigenvalue weighted by atomic mass is 10.1. The van der Waals surface area contributed by atoms with E-state index < -0.39 is 29.6 Å². The molecule has 0 unspecified atom stereocenters. The van der Waals surface area contributed by atoms with Crippen LogP contribution in [0, 0.1) is 13.8 Å². The van der Waals surface area contributed by atoms with Gasteiger partial charge in [0.25, 0.3) is 5.82 Å². The van der Waals surface area contributed by atoms with Crippen LogP contribution in [0.3, 0.4) is 0 Å². The second kappa shape index (κ2) is 5.86. The minimum absolute atomic E-state index is 0.0386. The number of alkyl halides is 6. The predicted octanol–water partition coefficient (Wildman–Crippen LogP) is 5.08. The maximum absolute atomic E-state index is 13.8. The van der Waals surface area contributed by atoms with Crippen molar-refractivity contribution in [2.24, 2.45) is 0 Å². The third kappa shape index (κ3) is 2.78. The van der Waals surface area contributed by atoms with Gasteiger partial charge in [-0.15, -0.1) is 5.10 Å². The lowest BCUT2D eigenvalue weighted by Gasteiger charge is -2.26. The molecule has 0 bridgehead atoms. The molecular formula is C18H14F6N4. The van der Waals surface area contributed by atoms with Gasteiger partial charge in [-0.2, -0.15) is 30.9 Å². The number of anilines is 2. The highest BCUT2D eigenvalue weighted by Gasteiger charge is 2.42. The summed E-state index contributed by atoms with van der Waals surface area (Å²) in [5.41, 5.74) is 0.779. The fourth-order valence-corrected chi connectivity index (χ4v) is 3.63. The second-order valence-electron chi connectivity index (χ2n) is 6.72. The van der Waals surface area contributed by atoms with Crippen molar-refractivity contribution >= 4 is 17.2 Å². The van der Waals surface area contributed by atoms with Gasteiger partial charge in [0.1, 0.15) is 5.82 Å². The van der Waals surface area contributed by atoms with Crippen LogP contribution in [0.15, 0.2) is 24.3 Å². The number of hydrogen-bond acceptors (Lipinski definition) is 3. The summed E-state index contributed by atoms with van der Waals surface area (Å²) in [7, 11) is 0. The van der Waals surface area contributed by atoms with Gasteiger partial charge in [0.2, 0.25) is 0 Å². The average molecular weight is 400 g/mol. The molecule has 0 saturated heterocycles. The molecule has 0 N–H and O–H groups in total. The molecule has 28 heavy (non-hydrogen) atoms. The minimum Gasteiger partial charge on any atom is -0.325 e. The van der Waals surface area contributed by atoms with Crippen LogP contribution in [0.5, 0.6) is 0 Å². The van der Waals surface area contributed by atoms with Crippen LogP contribution in [0.2, 0.25) is 0 Å². The average Bonchev–Trinajstić information content (AvgIpc) is 3.19. The van der Waals surface area contributed by atoms with Crippen LogP contribution in [0.25, 0.3) is 5.65 Å². The number of nitrogens with zero attached hydrogens (tertiary/aromatic N) is 4. The van der Waals surface area contributed by atoms with Crippen molar-refractivity contribution in [3.05, 3.63) is 52.3 Å². The van der Waals surface area contributed by atoms with E-state index in [4.69, 9.17) is 0 Å². The number of aromatic nitrogens is 3. The van der Waals surface area contributed by atoms with Crippen molar-refractivity contribution in [2.45, 2.75) is 32.6 Å². The Morgan fingerprint density at radius 1 is 0.964 bits per heavy atom. The summed E-state index contributed by atoms with van der Waals surface area (Å²) < 4.78 is 81.5. The Kier molecular flexibility index (Phi) is 3.89. The first-order chi connectivity index (χ1) is 13.0. The van der Waals surface area contributed by atoms with Gasteiger partial charge in [-0.25, -0.2) is 4.98 Å². The van der Waals surface area contributed by atoms with Crippen LogP contribution in [-0.4, -0.2) is 21.1 Å². The van der Waals surface area contributed by atoms with E-state index in [0.717, 1.165) is 17.2 Å². The first kappa shape index (κ1) is 18.6. The Labute approximate surface area is 155 Å². The molecular weight excluding hydrogens is 386 g/mol. The number of fused-ring (bicyclic) bond motifs is 2. The van der Waals surface area contributed by atoms with Gasteiger partial charge in [-0.05, 0) is 43.0 Å². The highest BCUT2D eigenvalue weighted by molar-refractivity contribution is 5.75. The Bertz CT molecular complexity index is 1080. The van der Waals surface area contributed by atoms with Crippen molar-refractivity contribution in [3.63, 3.8) is 0 Å². The Balaban J connectivity index is 2.07. The second-order valence-corrected chi connectivity index (χ2v) is 6.72. The molecule has 0 fully saturated rings. The molecule has 0 aliphatic carbocycles. The highest BCUT2D eigenvalue weighted by Crippen LogP contribution is 2.44. The van der Waals surface area contributed by atoms with E-state index in [9.17, 15) is 26.3 Å². The summed E-state index contributed by atoms with van der Waals surface area (Å²) in [4.78, 5) is 4.83. The molecule has 1 aliphatic heterocycles. The smallest absolute Gasteiger partial charge is 0.325 e. The molecule has 0 spiro atoms. The van der Waals surface area contributed by atoms with Gasteiger partial charge < -0.3 is 4.90 Å². The number of para-hydroxylation sites is 1. The van der Waals surface area contributed by atoms with Crippen molar-refractivity contribution in [2.75, 3.05) is 11.4 Å². The summed E-state index contributed by atoms with van der Waals surface area (Å²) in [6, 6.07) is 6.17. The van der Waals surface area contributed by atoms with Crippen LogP contribution in [0.4, 0.5) is 37.8 Å². The standard InChI is InChI=1S/C18H14F6N4/c1-9-4-3-5-11-6-7-27(13(9)11)15-12(17(19,20)21)8-10(2)14-25-16(18(22,23)24)26-28(14)15/h3-5,8H,6-7H2,1-2H3. The zero-order chi connectivity index (χ0) is 20.4. The third-order valence-corrected chi connectivity index (χ3v) is 4.77. The molecule has 0 amide bonds. The summed E-state index contributed by atoms with van der Waals surface area (Å²) in [6.45, 7) is 3.23. The zero-order valence-electron chi connectivity index (χ0n) is 14.8. The molecule has 0 atom stereocenters. The van der Waals surface area contributed by atoms with Gasteiger partial charge in [0.05, 0.1) is 5.56 Å². The molecule has 1 aliphatic rings. The van der Waals surface area contributed by atoms with E-state index in [-0.39, 0.29) is 17.8 Å². The topological polar surface area (TPSA) is 33.4 Å². The van der Waals surface area contributed by atoms with E-state index in [0.29, 0.717) is 16.6 Å². The number of halogens is 6. The van der Waals surface area contributed by atoms with Gasteiger partial charge in [0, 0.05) is 12.2 Å². The zero-order valence-corrected chi connectivity index (χ0v) is 14.8. The van der Waals surface area contributed by atoms with Crippen molar-refractivity contribution < 1.29 is 26.3 Å². The van der Waals surface area contributed by atoms with Gasteiger partial charge in [0.15, 0.2) is 5.65 Å². The number of pyridine rings is 1. The van der Waals surface area contributed by atoms with Gasteiger partial charge in [-0.1, -0.05) is 18.2 Å². The van der Waals surface area contributed by atoms with Crippen LogP contribution in [0.1, 0.15) is 28.1 Å². The highest BCUT2D eigenvalue weighted by atomic mass is 19.4. The quantitative estimate of drug-likeness (QED) is 0.535. The van der Waals surface area contributed by atoms with Crippen molar-refractivity contribution in [1.29, 1.82) is 0 Å². The molecule has 1 aromatic carbocycles. The fraction of sp³-hybridized carbons (Fsp3) is 0.333. The molecule has 10 heteroatoms. The summed E-state index contributed by atoms with van der Waals surface area (Å²) >= 11 is 0. The summed E-state index contributed by atoms with van der Waals surface area (Å²) in [6.07, 6.45) is -9.17. The van der Waals surface area contributed by atoms with Crippen LogP contribution < -0.4 is 4.90 Å². The largest absolute Gasteiger partial charge is 0.453 e. The monoisotopic (exact) mass is 400 g/mol. The molecule has 3 heterocycles. The number of aryl methyl sites for hydroxylation is 2. The first-order valence-corrected chi connectivity index (χ1v) is 8.39. The number of hydrogen-bond donors (Lipinski definition) is 0. The van der Waals surface area contributed by atoms with E-state index in [1.165, 1.54) is 11.8 Å². The van der Waals surface area contributed by atoms with Gasteiger partial charge >= 0.3 is 12.4 Å². The molecule has 3 aromatic rings. The molecule has 4 rings (SSSR count). The normalized spacial score (nSPS) is 14.8. The maximum Gasteiger partial charge on any atom is 0.453 e. The predicted molar refractivity (Wildman–Crippen MR) is 89.6 cm³/mol.